The maximum atomic E-state index is 12.2. The van der Waals surface area contributed by atoms with Gasteiger partial charge in [-0.25, -0.2) is 4.79 Å². The van der Waals surface area contributed by atoms with Crippen LogP contribution < -0.4 is 10.6 Å². The van der Waals surface area contributed by atoms with Crippen LogP contribution in [0.2, 0.25) is 0 Å². The number of carbonyl (C=O) groups excluding carboxylic acids is 1. The maximum absolute atomic E-state index is 12.2. The maximum Gasteiger partial charge on any atom is 0.315 e. The normalized spacial score (nSPS) is 13.9. The van der Waals surface area contributed by atoms with Crippen LogP contribution in [0.5, 0.6) is 0 Å². The average Bonchev–Trinajstić information content (AvgIpc) is 2.52. The molecule has 2 unspecified atom stereocenters. The number of aryl methyl sites for hydroxylation is 1. The summed E-state index contributed by atoms with van der Waals surface area (Å²) in [5.74, 6) is 0.438. The van der Waals surface area contributed by atoms with E-state index in [1.807, 2.05) is 19.1 Å². The van der Waals surface area contributed by atoms with Crippen molar-refractivity contribution in [1.29, 1.82) is 0 Å². The van der Waals surface area contributed by atoms with Crippen molar-refractivity contribution in [2.24, 2.45) is 11.8 Å². The zero-order chi connectivity index (χ0) is 17.4. The SMILES string of the molecule is CCC(CC)C(O)CNC(=O)NC(c1ncccc1C)C(C)C. The van der Waals surface area contributed by atoms with Crippen LogP contribution >= 0.6 is 0 Å². The number of pyridine rings is 1. The molecule has 3 N–H and O–H groups in total. The van der Waals surface area contributed by atoms with E-state index in [1.54, 1.807) is 6.20 Å². The van der Waals surface area contributed by atoms with Crippen molar-refractivity contribution in [2.75, 3.05) is 6.54 Å². The summed E-state index contributed by atoms with van der Waals surface area (Å²) in [5, 5.41) is 15.9. The molecule has 1 aromatic rings. The second kappa shape index (κ2) is 9.50. The van der Waals surface area contributed by atoms with Gasteiger partial charge in [0.25, 0.3) is 0 Å². The van der Waals surface area contributed by atoms with Crippen LogP contribution in [0.15, 0.2) is 18.3 Å². The number of nitrogens with zero attached hydrogens (tertiary/aromatic N) is 1. The van der Waals surface area contributed by atoms with E-state index in [-0.39, 0.29) is 30.5 Å². The summed E-state index contributed by atoms with van der Waals surface area (Å²) >= 11 is 0. The van der Waals surface area contributed by atoms with Gasteiger partial charge in [-0.05, 0) is 30.4 Å². The largest absolute Gasteiger partial charge is 0.391 e. The first-order chi connectivity index (χ1) is 10.9. The molecule has 0 saturated heterocycles. The molecule has 2 amide bonds. The summed E-state index contributed by atoms with van der Waals surface area (Å²) < 4.78 is 0. The quantitative estimate of drug-likeness (QED) is 0.688. The lowest BCUT2D eigenvalue weighted by atomic mass is 9.96. The van der Waals surface area contributed by atoms with Gasteiger partial charge in [0.15, 0.2) is 0 Å². The lowest BCUT2D eigenvalue weighted by Gasteiger charge is -2.25. The van der Waals surface area contributed by atoms with Gasteiger partial charge in [-0.15, -0.1) is 0 Å². The smallest absolute Gasteiger partial charge is 0.315 e. The van der Waals surface area contributed by atoms with Crippen molar-refractivity contribution >= 4 is 6.03 Å². The molecule has 5 heteroatoms. The van der Waals surface area contributed by atoms with Crippen molar-refractivity contribution in [3.63, 3.8) is 0 Å². The van der Waals surface area contributed by atoms with E-state index in [0.29, 0.717) is 0 Å². The summed E-state index contributed by atoms with van der Waals surface area (Å²) in [5.41, 5.74) is 1.95. The standard InChI is InChI=1S/C18H31N3O2/c1-6-14(7-2)15(22)11-20-18(23)21-16(12(3)4)17-13(5)9-8-10-19-17/h8-10,12,14-16,22H,6-7,11H2,1-5H3,(H2,20,21,23). The minimum absolute atomic E-state index is 0.151. The van der Waals surface area contributed by atoms with Gasteiger partial charge in [-0.3, -0.25) is 4.98 Å². The van der Waals surface area contributed by atoms with Gasteiger partial charge in [0.1, 0.15) is 0 Å². The molecular weight excluding hydrogens is 290 g/mol. The van der Waals surface area contributed by atoms with Crippen molar-refractivity contribution < 1.29 is 9.90 Å². The van der Waals surface area contributed by atoms with Crippen LogP contribution in [0.4, 0.5) is 4.79 Å². The van der Waals surface area contributed by atoms with Crippen LogP contribution in [-0.4, -0.2) is 28.8 Å². The molecule has 0 radical (unpaired) electrons. The Balaban J connectivity index is 2.64. The fraction of sp³-hybridized carbons (Fsp3) is 0.667. The molecule has 0 aliphatic rings. The summed E-state index contributed by atoms with van der Waals surface area (Å²) in [7, 11) is 0. The lowest BCUT2D eigenvalue weighted by molar-refractivity contribution is 0.103. The first-order valence-corrected chi connectivity index (χ1v) is 8.54. The number of aliphatic hydroxyl groups is 1. The Hall–Kier alpha value is -1.62. The molecule has 23 heavy (non-hydrogen) atoms. The van der Waals surface area contributed by atoms with E-state index < -0.39 is 6.10 Å². The Labute approximate surface area is 139 Å². The minimum Gasteiger partial charge on any atom is -0.391 e. The molecule has 1 heterocycles. The van der Waals surface area contributed by atoms with Crippen molar-refractivity contribution in [3.8, 4) is 0 Å². The van der Waals surface area contributed by atoms with Gasteiger partial charge < -0.3 is 15.7 Å². The molecule has 2 atom stereocenters. The van der Waals surface area contributed by atoms with E-state index in [4.69, 9.17) is 0 Å². The van der Waals surface area contributed by atoms with Crippen molar-refractivity contribution in [1.82, 2.24) is 15.6 Å². The Morgan fingerprint density at radius 1 is 1.30 bits per heavy atom. The zero-order valence-corrected chi connectivity index (χ0v) is 15.0. The first kappa shape index (κ1) is 19.4. The molecule has 1 aromatic heterocycles. The van der Waals surface area contributed by atoms with Crippen LogP contribution in [0.1, 0.15) is 57.8 Å². The summed E-state index contributed by atoms with van der Waals surface area (Å²) in [4.78, 5) is 16.6. The van der Waals surface area contributed by atoms with Gasteiger partial charge in [-0.2, -0.15) is 0 Å². The number of hydrogen-bond donors (Lipinski definition) is 3. The number of amides is 2. The number of rotatable bonds is 8. The predicted molar refractivity (Wildman–Crippen MR) is 93.2 cm³/mol. The van der Waals surface area contributed by atoms with E-state index in [1.165, 1.54) is 0 Å². The molecule has 1 rings (SSSR count). The minimum atomic E-state index is -0.509. The summed E-state index contributed by atoms with van der Waals surface area (Å²) in [6.45, 7) is 10.5. The molecule has 5 nitrogen and oxygen atoms in total. The summed E-state index contributed by atoms with van der Waals surface area (Å²) in [6, 6.07) is 3.47. The fourth-order valence-corrected chi connectivity index (χ4v) is 2.76. The number of hydrogen-bond acceptors (Lipinski definition) is 3. The number of aromatic nitrogens is 1. The molecule has 0 aliphatic carbocycles. The van der Waals surface area contributed by atoms with Crippen LogP contribution in [-0.2, 0) is 0 Å². The molecule has 0 saturated carbocycles. The van der Waals surface area contributed by atoms with E-state index >= 15 is 0 Å². The predicted octanol–water partition coefficient (Wildman–Crippen LogP) is 3.18. The van der Waals surface area contributed by atoms with Crippen LogP contribution in [0.25, 0.3) is 0 Å². The molecule has 0 bridgehead atoms. The highest BCUT2D eigenvalue weighted by Crippen LogP contribution is 2.22. The second-order valence-electron chi connectivity index (χ2n) is 6.43. The van der Waals surface area contributed by atoms with Gasteiger partial charge in [-0.1, -0.05) is 46.6 Å². The molecule has 130 valence electrons. The fourth-order valence-electron chi connectivity index (χ4n) is 2.76. The topological polar surface area (TPSA) is 74.2 Å². The number of urea groups is 1. The molecule has 0 fully saturated rings. The Bertz CT molecular complexity index is 487. The van der Waals surface area contributed by atoms with Crippen molar-refractivity contribution in [2.45, 2.75) is 59.6 Å². The van der Waals surface area contributed by atoms with Crippen LogP contribution in [0, 0.1) is 18.8 Å². The number of carbonyl (C=O) groups is 1. The van der Waals surface area contributed by atoms with Gasteiger partial charge in [0.2, 0.25) is 0 Å². The highest BCUT2D eigenvalue weighted by atomic mass is 16.3. The Kier molecular flexibility index (Phi) is 8.03. The molecule has 0 aromatic carbocycles. The van der Waals surface area contributed by atoms with Gasteiger partial charge in [0.05, 0.1) is 17.8 Å². The molecule has 0 aliphatic heterocycles. The third-order valence-electron chi connectivity index (χ3n) is 4.36. The average molecular weight is 321 g/mol. The van der Waals surface area contributed by atoms with Gasteiger partial charge >= 0.3 is 6.03 Å². The first-order valence-electron chi connectivity index (χ1n) is 8.54. The third kappa shape index (κ3) is 5.82. The van der Waals surface area contributed by atoms with Gasteiger partial charge in [0, 0.05) is 12.7 Å². The summed E-state index contributed by atoms with van der Waals surface area (Å²) in [6.07, 6.45) is 3.05. The monoisotopic (exact) mass is 321 g/mol. The van der Waals surface area contributed by atoms with Crippen LogP contribution in [0.3, 0.4) is 0 Å². The molecular formula is C18H31N3O2. The Morgan fingerprint density at radius 2 is 1.96 bits per heavy atom. The van der Waals surface area contributed by atoms with E-state index in [2.05, 4.69) is 43.3 Å². The Morgan fingerprint density at radius 3 is 2.48 bits per heavy atom. The number of aliphatic hydroxyl groups excluding tert-OH is 1. The zero-order valence-electron chi connectivity index (χ0n) is 15.0. The lowest BCUT2D eigenvalue weighted by Crippen LogP contribution is -2.44. The highest BCUT2D eigenvalue weighted by molar-refractivity contribution is 5.74. The highest BCUT2D eigenvalue weighted by Gasteiger charge is 2.22. The molecule has 0 spiro atoms. The second-order valence-corrected chi connectivity index (χ2v) is 6.43. The van der Waals surface area contributed by atoms with E-state index in [9.17, 15) is 9.90 Å². The van der Waals surface area contributed by atoms with E-state index in [0.717, 1.165) is 24.1 Å². The van der Waals surface area contributed by atoms with Crippen molar-refractivity contribution in [3.05, 3.63) is 29.6 Å². The number of nitrogens with one attached hydrogen (secondary N) is 2. The third-order valence-corrected chi connectivity index (χ3v) is 4.36.